The molecule has 1 heterocycles. The summed E-state index contributed by atoms with van der Waals surface area (Å²) in [5.74, 6) is 4.24. The molecule has 0 spiro atoms. The van der Waals surface area contributed by atoms with Crippen molar-refractivity contribution in [3.05, 3.63) is 11.6 Å². The predicted octanol–water partition coefficient (Wildman–Crippen LogP) is 8.12. The highest BCUT2D eigenvalue weighted by atomic mass is 16.7. The standard InChI is InChI=1S/C32H52O3/c1-21(2)9-8-10-22(3)25-12-13-26-30-27(15-17-32(25,26)5)31(4)16-14-24(19-23(31)20-28(30)33)35-29-11-6-7-18-34-29/h20-22,24-27,29-30H,6-19H2,1-5H3/t22-,24-,25-,26+,27+,29+,30+,31+,32-/m1/s1. The molecular weight excluding hydrogens is 432 g/mol. The molecule has 4 fully saturated rings. The summed E-state index contributed by atoms with van der Waals surface area (Å²) in [6.07, 6.45) is 18.2. The molecule has 4 aliphatic carbocycles. The van der Waals surface area contributed by atoms with Crippen LogP contribution in [0, 0.1) is 46.3 Å². The van der Waals surface area contributed by atoms with E-state index < -0.39 is 0 Å². The van der Waals surface area contributed by atoms with Crippen molar-refractivity contribution >= 4 is 5.78 Å². The summed E-state index contributed by atoms with van der Waals surface area (Å²) < 4.78 is 12.3. The van der Waals surface area contributed by atoms with Crippen molar-refractivity contribution < 1.29 is 14.3 Å². The minimum atomic E-state index is -0.0286. The first-order valence-corrected chi connectivity index (χ1v) is 15.2. The van der Waals surface area contributed by atoms with Crippen LogP contribution in [-0.4, -0.2) is 24.8 Å². The maximum absolute atomic E-state index is 13.8. The first-order valence-electron chi connectivity index (χ1n) is 15.2. The normalized spacial score (nSPS) is 44.4. The van der Waals surface area contributed by atoms with E-state index in [1.165, 1.54) is 63.4 Å². The van der Waals surface area contributed by atoms with Gasteiger partial charge in [-0.1, -0.05) is 59.5 Å². The van der Waals surface area contributed by atoms with Gasteiger partial charge in [-0.15, -0.1) is 0 Å². The van der Waals surface area contributed by atoms with Gasteiger partial charge in [0, 0.05) is 12.5 Å². The van der Waals surface area contributed by atoms with Gasteiger partial charge in [-0.2, -0.15) is 0 Å². The SMILES string of the molecule is CC(C)CCC[C@@H](C)[C@H]1CC[C@H]2[C@@H]3C(=O)C=C4C[C@H](O[C@H]5CCCCO5)CC[C@]4(C)[C@H]3CC[C@]12C. The molecule has 3 heteroatoms. The van der Waals surface area contributed by atoms with Crippen molar-refractivity contribution in [3.63, 3.8) is 0 Å². The molecule has 5 aliphatic rings. The van der Waals surface area contributed by atoms with E-state index in [9.17, 15) is 4.79 Å². The van der Waals surface area contributed by atoms with Crippen LogP contribution in [0.3, 0.4) is 0 Å². The van der Waals surface area contributed by atoms with Crippen molar-refractivity contribution in [1.29, 1.82) is 0 Å². The van der Waals surface area contributed by atoms with Gasteiger partial charge in [-0.05, 0) is 111 Å². The molecule has 0 unspecified atom stereocenters. The molecular formula is C32H52O3. The lowest BCUT2D eigenvalue weighted by molar-refractivity contribution is -0.195. The average molecular weight is 485 g/mol. The molecule has 9 atom stereocenters. The summed E-state index contributed by atoms with van der Waals surface area (Å²) >= 11 is 0. The Morgan fingerprint density at radius 1 is 1.00 bits per heavy atom. The van der Waals surface area contributed by atoms with Crippen LogP contribution in [0.15, 0.2) is 11.6 Å². The lowest BCUT2D eigenvalue weighted by Gasteiger charge is -2.57. The molecule has 0 bridgehead atoms. The molecule has 3 nitrogen and oxygen atoms in total. The van der Waals surface area contributed by atoms with Crippen LogP contribution < -0.4 is 0 Å². The molecule has 1 aliphatic heterocycles. The number of fused-ring (bicyclic) bond motifs is 5. The van der Waals surface area contributed by atoms with E-state index in [-0.39, 0.29) is 23.7 Å². The number of allylic oxidation sites excluding steroid dienone is 1. The second-order valence-electron chi connectivity index (χ2n) is 14.1. The Kier molecular flexibility index (Phi) is 7.59. The van der Waals surface area contributed by atoms with Crippen molar-refractivity contribution in [2.75, 3.05) is 6.61 Å². The Bertz CT molecular complexity index is 795. The highest BCUT2D eigenvalue weighted by molar-refractivity contribution is 5.94. The minimum absolute atomic E-state index is 0.0286. The Morgan fingerprint density at radius 3 is 2.57 bits per heavy atom. The van der Waals surface area contributed by atoms with Gasteiger partial charge in [0.1, 0.15) is 0 Å². The first-order chi connectivity index (χ1) is 16.7. The van der Waals surface area contributed by atoms with Gasteiger partial charge in [0.25, 0.3) is 0 Å². The highest BCUT2D eigenvalue weighted by Gasteiger charge is 2.61. The zero-order valence-corrected chi connectivity index (χ0v) is 23.3. The number of rotatable bonds is 7. The maximum atomic E-state index is 13.8. The fourth-order valence-electron chi connectivity index (χ4n) is 9.54. The quantitative estimate of drug-likeness (QED) is 0.366. The summed E-state index contributed by atoms with van der Waals surface area (Å²) in [5.41, 5.74) is 1.94. The van der Waals surface area contributed by atoms with Crippen molar-refractivity contribution in [1.82, 2.24) is 0 Å². The molecule has 5 rings (SSSR count). The third-order valence-electron chi connectivity index (χ3n) is 11.6. The number of ketones is 1. The van der Waals surface area contributed by atoms with Crippen molar-refractivity contribution in [2.24, 2.45) is 46.3 Å². The summed E-state index contributed by atoms with van der Waals surface area (Å²) in [7, 11) is 0. The Hall–Kier alpha value is -0.670. The molecule has 3 saturated carbocycles. The lowest BCUT2D eigenvalue weighted by Crippen LogP contribution is -2.54. The van der Waals surface area contributed by atoms with Crippen LogP contribution >= 0.6 is 0 Å². The van der Waals surface area contributed by atoms with E-state index in [1.807, 2.05) is 0 Å². The maximum Gasteiger partial charge on any atom is 0.159 e. The smallest absolute Gasteiger partial charge is 0.159 e. The molecule has 0 aromatic rings. The fourth-order valence-corrected chi connectivity index (χ4v) is 9.54. The van der Waals surface area contributed by atoms with E-state index in [0.717, 1.165) is 50.0 Å². The van der Waals surface area contributed by atoms with Gasteiger partial charge in [-0.25, -0.2) is 0 Å². The molecule has 198 valence electrons. The van der Waals surface area contributed by atoms with E-state index in [1.54, 1.807) is 0 Å². The summed E-state index contributed by atoms with van der Waals surface area (Å²) in [6.45, 7) is 13.1. The molecule has 0 N–H and O–H groups in total. The van der Waals surface area contributed by atoms with Crippen LogP contribution in [0.2, 0.25) is 0 Å². The molecule has 0 amide bonds. The minimum Gasteiger partial charge on any atom is -0.353 e. The largest absolute Gasteiger partial charge is 0.353 e. The summed E-state index contributed by atoms with van der Waals surface area (Å²) in [6, 6.07) is 0. The van der Waals surface area contributed by atoms with Gasteiger partial charge in [-0.3, -0.25) is 4.79 Å². The number of ether oxygens (including phenoxy) is 2. The average Bonchev–Trinajstić information content (AvgIpc) is 3.17. The van der Waals surface area contributed by atoms with Gasteiger partial charge >= 0.3 is 0 Å². The summed E-state index contributed by atoms with van der Waals surface area (Å²) in [4.78, 5) is 13.8. The number of carbonyl (C=O) groups excluding carboxylic acids is 1. The van der Waals surface area contributed by atoms with E-state index in [0.29, 0.717) is 23.0 Å². The van der Waals surface area contributed by atoms with Crippen LogP contribution in [0.25, 0.3) is 0 Å². The van der Waals surface area contributed by atoms with Crippen LogP contribution in [0.1, 0.15) is 118 Å². The monoisotopic (exact) mass is 484 g/mol. The van der Waals surface area contributed by atoms with Gasteiger partial charge in [0.15, 0.2) is 12.1 Å². The number of hydrogen-bond acceptors (Lipinski definition) is 3. The van der Waals surface area contributed by atoms with Gasteiger partial charge in [0.05, 0.1) is 6.10 Å². The Morgan fingerprint density at radius 2 is 1.83 bits per heavy atom. The predicted molar refractivity (Wildman–Crippen MR) is 142 cm³/mol. The van der Waals surface area contributed by atoms with Crippen LogP contribution in [0.4, 0.5) is 0 Å². The molecule has 35 heavy (non-hydrogen) atoms. The fraction of sp³-hybridized carbons (Fsp3) is 0.906. The number of carbonyl (C=O) groups is 1. The van der Waals surface area contributed by atoms with E-state index in [2.05, 4.69) is 40.7 Å². The Labute approximate surface area is 215 Å². The second kappa shape index (κ2) is 10.2. The third-order valence-corrected chi connectivity index (χ3v) is 11.6. The lowest BCUT2D eigenvalue weighted by atomic mass is 9.46. The van der Waals surface area contributed by atoms with Crippen molar-refractivity contribution in [2.45, 2.75) is 130 Å². The van der Waals surface area contributed by atoms with Gasteiger partial charge in [0.2, 0.25) is 0 Å². The second-order valence-corrected chi connectivity index (χ2v) is 14.1. The topological polar surface area (TPSA) is 35.5 Å². The molecule has 0 aromatic heterocycles. The van der Waals surface area contributed by atoms with E-state index in [4.69, 9.17) is 9.47 Å². The zero-order chi connectivity index (χ0) is 24.8. The van der Waals surface area contributed by atoms with Crippen LogP contribution in [0.5, 0.6) is 0 Å². The molecule has 1 saturated heterocycles. The highest BCUT2D eigenvalue weighted by Crippen LogP contribution is 2.66. The van der Waals surface area contributed by atoms with E-state index >= 15 is 0 Å². The molecule has 0 aromatic carbocycles. The van der Waals surface area contributed by atoms with Crippen molar-refractivity contribution in [3.8, 4) is 0 Å². The zero-order valence-electron chi connectivity index (χ0n) is 23.3. The summed E-state index contributed by atoms with van der Waals surface area (Å²) in [5, 5.41) is 0. The first kappa shape index (κ1) is 26.0. The Balaban J connectivity index is 1.29. The number of hydrogen-bond donors (Lipinski definition) is 0. The van der Waals surface area contributed by atoms with Gasteiger partial charge < -0.3 is 9.47 Å². The molecule has 0 radical (unpaired) electrons. The third kappa shape index (κ3) is 4.83. The van der Waals surface area contributed by atoms with Crippen LogP contribution in [-0.2, 0) is 14.3 Å².